The monoisotopic (exact) mass is 183 g/mol. The molecule has 13 heavy (non-hydrogen) atoms. The first-order chi connectivity index (χ1) is 6.29. The topological polar surface area (TPSA) is 44.4 Å². The molecule has 0 spiro atoms. The summed E-state index contributed by atoms with van der Waals surface area (Å²) in [6, 6.07) is -0.00356. The van der Waals surface area contributed by atoms with Crippen LogP contribution in [0.4, 0.5) is 0 Å². The van der Waals surface area contributed by atoms with E-state index in [1.165, 1.54) is 6.42 Å². The number of carbonyl (C=O) groups excluding carboxylic acids is 1. The molecule has 0 aromatic carbocycles. The summed E-state index contributed by atoms with van der Waals surface area (Å²) in [5.74, 6) is 0.241. The van der Waals surface area contributed by atoms with E-state index in [9.17, 15) is 4.79 Å². The molecule has 74 valence electrons. The van der Waals surface area contributed by atoms with Crippen LogP contribution in [0, 0.1) is 0 Å². The van der Waals surface area contributed by atoms with Gasteiger partial charge in [-0.05, 0) is 26.3 Å². The molecule has 1 amide bonds. The van der Waals surface area contributed by atoms with E-state index in [1.807, 2.05) is 11.8 Å². The van der Waals surface area contributed by atoms with Crippen LogP contribution in [-0.4, -0.2) is 42.6 Å². The highest BCUT2D eigenvalue weighted by Crippen LogP contribution is 2.13. The molecule has 4 nitrogen and oxygen atoms in total. The van der Waals surface area contributed by atoms with Gasteiger partial charge in [0.1, 0.15) is 0 Å². The van der Waals surface area contributed by atoms with E-state index in [2.05, 4.69) is 10.6 Å². The van der Waals surface area contributed by atoms with Crippen molar-refractivity contribution < 1.29 is 4.79 Å². The molecule has 2 heterocycles. The Bertz CT molecular complexity index is 201. The van der Waals surface area contributed by atoms with Crippen LogP contribution in [0.5, 0.6) is 0 Å². The minimum atomic E-state index is -0.00356. The van der Waals surface area contributed by atoms with Crippen molar-refractivity contribution >= 4 is 5.91 Å². The molecule has 0 aliphatic carbocycles. The smallest absolute Gasteiger partial charge is 0.240 e. The van der Waals surface area contributed by atoms with Crippen molar-refractivity contribution in [1.29, 1.82) is 0 Å². The van der Waals surface area contributed by atoms with Crippen LogP contribution in [0.2, 0.25) is 0 Å². The second-order valence-corrected chi connectivity index (χ2v) is 3.82. The van der Waals surface area contributed by atoms with Gasteiger partial charge in [-0.3, -0.25) is 10.1 Å². The normalized spacial score (nSPS) is 35.5. The average Bonchev–Trinajstić information content (AvgIpc) is 2.62. The third kappa shape index (κ3) is 1.69. The SMILES string of the molecule is CC1NCCN(C2CCCN2)C1=O. The Hall–Kier alpha value is -0.610. The van der Waals surface area contributed by atoms with Gasteiger partial charge < -0.3 is 10.2 Å². The standard InChI is InChI=1S/C9H17N3O/c1-7-9(13)12(6-5-10-7)8-3-2-4-11-8/h7-8,10-11H,2-6H2,1H3. The molecule has 2 saturated heterocycles. The van der Waals surface area contributed by atoms with Crippen molar-refractivity contribution in [3.63, 3.8) is 0 Å². The van der Waals surface area contributed by atoms with Crippen molar-refractivity contribution in [2.75, 3.05) is 19.6 Å². The number of carbonyl (C=O) groups is 1. The molecule has 0 bridgehead atoms. The summed E-state index contributed by atoms with van der Waals surface area (Å²) >= 11 is 0. The number of nitrogens with zero attached hydrogens (tertiary/aromatic N) is 1. The summed E-state index contributed by atoms with van der Waals surface area (Å²) in [4.78, 5) is 13.7. The van der Waals surface area contributed by atoms with Gasteiger partial charge in [-0.15, -0.1) is 0 Å². The summed E-state index contributed by atoms with van der Waals surface area (Å²) in [6.45, 7) is 4.76. The van der Waals surface area contributed by atoms with E-state index in [4.69, 9.17) is 0 Å². The lowest BCUT2D eigenvalue weighted by molar-refractivity contribution is -0.138. The highest BCUT2D eigenvalue weighted by molar-refractivity contribution is 5.82. The maximum atomic E-state index is 11.7. The molecule has 2 N–H and O–H groups in total. The van der Waals surface area contributed by atoms with Crippen molar-refractivity contribution in [1.82, 2.24) is 15.5 Å². The maximum Gasteiger partial charge on any atom is 0.240 e. The minimum absolute atomic E-state index is 0.00356. The Morgan fingerprint density at radius 3 is 2.92 bits per heavy atom. The van der Waals surface area contributed by atoms with Crippen LogP contribution in [0.25, 0.3) is 0 Å². The molecule has 2 atom stereocenters. The summed E-state index contributed by atoms with van der Waals surface area (Å²) in [5, 5.41) is 6.52. The van der Waals surface area contributed by atoms with Crippen LogP contribution in [-0.2, 0) is 4.79 Å². The van der Waals surface area contributed by atoms with Gasteiger partial charge in [0.15, 0.2) is 0 Å². The second-order valence-electron chi connectivity index (χ2n) is 3.82. The van der Waals surface area contributed by atoms with Gasteiger partial charge >= 0.3 is 0 Å². The summed E-state index contributed by atoms with van der Waals surface area (Å²) in [7, 11) is 0. The predicted octanol–water partition coefficient (Wildman–Crippen LogP) is -0.484. The van der Waals surface area contributed by atoms with Gasteiger partial charge in [0, 0.05) is 13.1 Å². The van der Waals surface area contributed by atoms with Crippen LogP contribution < -0.4 is 10.6 Å². The first-order valence-electron chi connectivity index (χ1n) is 5.06. The largest absolute Gasteiger partial charge is 0.325 e. The number of piperazine rings is 1. The average molecular weight is 183 g/mol. The first-order valence-corrected chi connectivity index (χ1v) is 5.06. The lowest BCUT2D eigenvalue weighted by atomic mass is 10.2. The van der Waals surface area contributed by atoms with Crippen LogP contribution in [0.1, 0.15) is 19.8 Å². The lowest BCUT2D eigenvalue weighted by Gasteiger charge is -2.35. The molecule has 0 aromatic heterocycles. The van der Waals surface area contributed by atoms with Gasteiger partial charge in [0.25, 0.3) is 0 Å². The van der Waals surface area contributed by atoms with Crippen molar-refractivity contribution in [3.8, 4) is 0 Å². The Balaban J connectivity index is 2.00. The maximum absolute atomic E-state index is 11.7. The second kappa shape index (κ2) is 3.64. The molecule has 0 radical (unpaired) electrons. The highest BCUT2D eigenvalue weighted by atomic mass is 16.2. The summed E-state index contributed by atoms with van der Waals surface area (Å²) in [6.07, 6.45) is 2.60. The van der Waals surface area contributed by atoms with Crippen LogP contribution in [0.3, 0.4) is 0 Å². The summed E-state index contributed by atoms with van der Waals surface area (Å²) < 4.78 is 0. The van der Waals surface area contributed by atoms with Crippen molar-refractivity contribution in [2.24, 2.45) is 0 Å². The number of amides is 1. The van der Waals surface area contributed by atoms with E-state index >= 15 is 0 Å². The molecular formula is C9H17N3O. The van der Waals surface area contributed by atoms with E-state index in [1.54, 1.807) is 0 Å². The van der Waals surface area contributed by atoms with Crippen molar-refractivity contribution in [2.45, 2.75) is 32.0 Å². The van der Waals surface area contributed by atoms with Gasteiger partial charge in [-0.1, -0.05) is 0 Å². The number of hydrogen-bond acceptors (Lipinski definition) is 3. The zero-order chi connectivity index (χ0) is 9.26. The van der Waals surface area contributed by atoms with Crippen molar-refractivity contribution in [3.05, 3.63) is 0 Å². The zero-order valence-electron chi connectivity index (χ0n) is 8.05. The zero-order valence-corrected chi connectivity index (χ0v) is 8.05. The fraction of sp³-hybridized carbons (Fsp3) is 0.889. The fourth-order valence-corrected chi connectivity index (χ4v) is 2.09. The Kier molecular flexibility index (Phi) is 2.51. The van der Waals surface area contributed by atoms with Gasteiger partial charge in [-0.2, -0.15) is 0 Å². The van der Waals surface area contributed by atoms with E-state index < -0.39 is 0 Å². The van der Waals surface area contributed by atoms with Crippen LogP contribution >= 0.6 is 0 Å². The molecule has 0 aromatic rings. The fourth-order valence-electron chi connectivity index (χ4n) is 2.09. The summed E-state index contributed by atoms with van der Waals surface area (Å²) in [5.41, 5.74) is 0. The number of hydrogen-bond donors (Lipinski definition) is 2. The molecule has 2 aliphatic rings. The number of nitrogens with one attached hydrogen (secondary N) is 2. The first kappa shape index (κ1) is 8.97. The van der Waals surface area contributed by atoms with E-state index in [-0.39, 0.29) is 11.9 Å². The third-order valence-corrected chi connectivity index (χ3v) is 2.87. The lowest BCUT2D eigenvalue weighted by Crippen LogP contribution is -2.58. The quantitative estimate of drug-likeness (QED) is 0.577. The van der Waals surface area contributed by atoms with Crippen LogP contribution in [0.15, 0.2) is 0 Å². The molecule has 2 rings (SSSR count). The highest BCUT2D eigenvalue weighted by Gasteiger charge is 2.31. The predicted molar refractivity (Wildman–Crippen MR) is 50.2 cm³/mol. The van der Waals surface area contributed by atoms with Gasteiger partial charge in [0.2, 0.25) is 5.91 Å². The Morgan fingerprint density at radius 1 is 1.38 bits per heavy atom. The number of rotatable bonds is 1. The Morgan fingerprint density at radius 2 is 2.23 bits per heavy atom. The van der Waals surface area contributed by atoms with Gasteiger partial charge in [-0.25, -0.2) is 0 Å². The molecule has 2 aliphatic heterocycles. The molecular weight excluding hydrogens is 166 g/mol. The minimum Gasteiger partial charge on any atom is -0.325 e. The van der Waals surface area contributed by atoms with E-state index in [0.717, 1.165) is 26.1 Å². The van der Waals surface area contributed by atoms with Gasteiger partial charge in [0.05, 0.1) is 12.2 Å². The molecule has 0 saturated carbocycles. The molecule has 2 unspecified atom stereocenters. The molecule has 4 heteroatoms. The third-order valence-electron chi connectivity index (χ3n) is 2.87. The Labute approximate surface area is 78.7 Å². The van der Waals surface area contributed by atoms with E-state index in [0.29, 0.717) is 6.17 Å². The molecule has 2 fully saturated rings.